The minimum atomic E-state index is 0.806. The molecule has 0 aromatic rings. The van der Waals surface area contributed by atoms with E-state index in [1.165, 1.54) is 38.5 Å². The van der Waals surface area contributed by atoms with Crippen molar-refractivity contribution in [2.24, 2.45) is 17.3 Å². The Balaban J connectivity index is 1.99. The third-order valence-corrected chi connectivity index (χ3v) is 4.38. The van der Waals surface area contributed by atoms with Gasteiger partial charge in [-0.1, -0.05) is 25.0 Å². The molecule has 0 aromatic carbocycles. The summed E-state index contributed by atoms with van der Waals surface area (Å²) in [6.45, 7) is 0. The number of allylic oxidation sites excluding steroid dienone is 2. The summed E-state index contributed by atoms with van der Waals surface area (Å²) >= 11 is 0. The van der Waals surface area contributed by atoms with E-state index in [-0.39, 0.29) is 0 Å². The van der Waals surface area contributed by atoms with Crippen LogP contribution in [0.15, 0.2) is 12.2 Å². The highest BCUT2D eigenvalue weighted by atomic mass is 14.6. The topological polar surface area (TPSA) is 0 Å². The lowest BCUT2D eigenvalue weighted by molar-refractivity contribution is 0.220. The number of rotatable bonds is 0. The van der Waals surface area contributed by atoms with E-state index in [2.05, 4.69) is 12.2 Å². The van der Waals surface area contributed by atoms with Gasteiger partial charge < -0.3 is 0 Å². The minimum absolute atomic E-state index is 0.806. The molecule has 0 radical (unpaired) electrons. The summed E-state index contributed by atoms with van der Waals surface area (Å²) in [7, 11) is 0. The van der Waals surface area contributed by atoms with Crippen molar-refractivity contribution in [1.82, 2.24) is 0 Å². The first-order valence-electron chi connectivity index (χ1n) is 5.10. The predicted molar refractivity (Wildman–Crippen MR) is 46.3 cm³/mol. The maximum absolute atomic E-state index is 2.51. The Morgan fingerprint density at radius 1 is 0.909 bits per heavy atom. The molecule has 0 aliphatic heterocycles. The Kier molecular flexibility index (Phi) is 1.09. The zero-order chi connectivity index (χ0) is 7.31. The van der Waals surface area contributed by atoms with Gasteiger partial charge in [0.1, 0.15) is 0 Å². The molecule has 2 unspecified atom stereocenters. The van der Waals surface area contributed by atoms with E-state index < -0.39 is 0 Å². The largest absolute Gasteiger partial charge is 0.0845 e. The van der Waals surface area contributed by atoms with E-state index in [0.717, 1.165) is 17.3 Å². The van der Waals surface area contributed by atoms with E-state index >= 15 is 0 Å². The van der Waals surface area contributed by atoms with Crippen LogP contribution < -0.4 is 0 Å². The van der Waals surface area contributed by atoms with Crippen molar-refractivity contribution in [3.05, 3.63) is 12.2 Å². The Bertz CT molecular complexity index is 180. The summed E-state index contributed by atoms with van der Waals surface area (Å²) in [6, 6.07) is 0. The van der Waals surface area contributed by atoms with Crippen molar-refractivity contribution in [2.45, 2.75) is 38.5 Å². The predicted octanol–water partition coefficient (Wildman–Crippen LogP) is 3.14. The summed E-state index contributed by atoms with van der Waals surface area (Å²) in [5, 5.41) is 0. The Labute approximate surface area is 68.7 Å². The fraction of sp³-hybridized carbons (Fsp3) is 0.818. The van der Waals surface area contributed by atoms with Crippen molar-refractivity contribution in [1.29, 1.82) is 0 Å². The zero-order valence-electron chi connectivity index (χ0n) is 7.05. The molecule has 1 spiro atoms. The lowest BCUT2D eigenvalue weighted by atomic mass is 9.75. The molecular formula is C11H16. The summed E-state index contributed by atoms with van der Waals surface area (Å²) < 4.78 is 0. The fourth-order valence-electron chi connectivity index (χ4n) is 3.83. The molecule has 2 atom stereocenters. The molecule has 0 heterocycles. The van der Waals surface area contributed by atoms with Crippen molar-refractivity contribution in [3.63, 3.8) is 0 Å². The monoisotopic (exact) mass is 148 g/mol. The molecular weight excluding hydrogens is 132 g/mol. The minimum Gasteiger partial charge on any atom is -0.0845 e. The second-order valence-electron chi connectivity index (χ2n) is 4.62. The standard InChI is InChI=1S/C11H16/c1-2-8-11(7-1)9-3-4-10(11)6-5-9/h3-4,9-10H,1-2,5-8H2. The van der Waals surface area contributed by atoms with Crippen molar-refractivity contribution in [3.8, 4) is 0 Å². The van der Waals surface area contributed by atoms with Gasteiger partial charge in [-0.15, -0.1) is 0 Å². The van der Waals surface area contributed by atoms with Crippen LogP contribution in [0.1, 0.15) is 38.5 Å². The van der Waals surface area contributed by atoms with Gasteiger partial charge in [-0.05, 0) is 42.9 Å². The smallest absolute Gasteiger partial charge is 0.0171 e. The lowest BCUT2D eigenvalue weighted by Gasteiger charge is -2.29. The van der Waals surface area contributed by atoms with E-state index in [1.54, 1.807) is 0 Å². The van der Waals surface area contributed by atoms with Gasteiger partial charge in [0.15, 0.2) is 0 Å². The van der Waals surface area contributed by atoms with E-state index in [4.69, 9.17) is 0 Å². The first-order chi connectivity index (χ1) is 5.42. The van der Waals surface area contributed by atoms with Crippen molar-refractivity contribution >= 4 is 0 Å². The summed E-state index contributed by atoms with van der Waals surface area (Å²) in [5.74, 6) is 1.99. The van der Waals surface area contributed by atoms with Crippen LogP contribution >= 0.6 is 0 Å². The first-order valence-corrected chi connectivity index (χ1v) is 5.10. The molecule has 3 aliphatic rings. The van der Waals surface area contributed by atoms with Gasteiger partial charge in [0, 0.05) is 0 Å². The van der Waals surface area contributed by atoms with Gasteiger partial charge in [-0.3, -0.25) is 0 Å². The molecule has 2 fully saturated rings. The SMILES string of the molecule is C1=CC2CCC1C21CCCC1. The van der Waals surface area contributed by atoms with Gasteiger partial charge >= 0.3 is 0 Å². The van der Waals surface area contributed by atoms with Gasteiger partial charge in [0.05, 0.1) is 0 Å². The van der Waals surface area contributed by atoms with Crippen LogP contribution in [0.4, 0.5) is 0 Å². The van der Waals surface area contributed by atoms with Crippen LogP contribution in [-0.4, -0.2) is 0 Å². The van der Waals surface area contributed by atoms with Crippen LogP contribution in [0.3, 0.4) is 0 Å². The van der Waals surface area contributed by atoms with Gasteiger partial charge in [-0.2, -0.15) is 0 Å². The van der Waals surface area contributed by atoms with Gasteiger partial charge in [0.25, 0.3) is 0 Å². The molecule has 0 aromatic heterocycles. The zero-order valence-corrected chi connectivity index (χ0v) is 7.05. The number of hydrogen-bond acceptors (Lipinski definition) is 0. The van der Waals surface area contributed by atoms with Crippen molar-refractivity contribution in [2.75, 3.05) is 0 Å². The maximum Gasteiger partial charge on any atom is -0.0171 e. The van der Waals surface area contributed by atoms with E-state index in [9.17, 15) is 0 Å². The van der Waals surface area contributed by atoms with Gasteiger partial charge in [0.2, 0.25) is 0 Å². The van der Waals surface area contributed by atoms with Gasteiger partial charge in [-0.25, -0.2) is 0 Å². The molecule has 60 valence electrons. The number of hydrogen-bond donors (Lipinski definition) is 0. The molecule has 0 heteroatoms. The molecule has 0 saturated heterocycles. The molecule has 3 aliphatic carbocycles. The maximum atomic E-state index is 2.51. The van der Waals surface area contributed by atoms with Crippen LogP contribution in [0, 0.1) is 17.3 Å². The third-order valence-electron chi connectivity index (χ3n) is 4.38. The second-order valence-corrected chi connectivity index (χ2v) is 4.62. The second kappa shape index (κ2) is 1.91. The molecule has 2 bridgehead atoms. The molecule has 11 heavy (non-hydrogen) atoms. The van der Waals surface area contributed by atoms with Crippen LogP contribution in [0.25, 0.3) is 0 Å². The third kappa shape index (κ3) is 0.617. The van der Waals surface area contributed by atoms with Crippen molar-refractivity contribution < 1.29 is 0 Å². The molecule has 3 rings (SSSR count). The van der Waals surface area contributed by atoms with E-state index in [1.807, 2.05) is 0 Å². The average molecular weight is 148 g/mol. The Hall–Kier alpha value is -0.260. The summed E-state index contributed by atoms with van der Waals surface area (Å²) in [5.41, 5.74) is 0.806. The lowest BCUT2D eigenvalue weighted by Crippen LogP contribution is -2.22. The van der Waals surface area contributed by atoms with Crippen LogP contribution in [0.2, 0.25) is 0 Å². The van der Waals surface area contributed by atoms with Crippen LogP contribution in [-0.2, 0) is 0 Å². The van der Waals surface area contributed by atoms with Crippen LogP contribution in [0.5, 0.6) is 0 Å². The fourth-order valence-corrected chi connectivity index (χ4v) is 3.83. The Morgan fingerprint density at radius 3 is 1.91 bits per heavy atom. The first kappa shape index (κ1) is 6.28. The quantitative estimate of drug-likeness (QED) is 0.463. The Morgan fingerprint density at radius 2 is 1.45 bits per heavy atom. The molecule has 2 saturated carbocycles. The molecule has 0 amide bonds. The normalized spacial score (nSPS) is 44.4. The highest BCUT2D eigenvalue weighted by molar-refractivity contribution is 5.19. The summed E-state index contributed by atoms with van der Waals surface area (Å²) in [4.78, 5) is 0. The molecule has 0 nitrogen and oxygen atoms in total. The molecule has 0 N–H and O–H groups in total. The highest BCUT2D eigenvalue weighted by Gasteiger charge is 2.51. The highest BCUT2D eigenvalue weighted by Crippen LogP contribution is 2.61. The summed E-state index contributed by atoms with van der Waals surface area (Å²) in [6.07, 6.45) is 14.1. The van der Waals surface area contributed by atoms with E-state index in [0.29, 0.717) is 0 Å². The average Bonchev–Trinajstić information content (AvgIpc) is 2.72.